The molecule has 1 spiro atoms. The highest BCUT2D eigenvalue weighted by Crippen LogP contribution is 2.46. The van der Waals surface area contributed by atoms with Crippen LogP contribution in [0.5, 0.6) is 0 Å². The summed E-state index contributed by atoms with van der Waals surface area (Å²) in [4.78, 5) is 28.4. The molecule has 6 nitrogen and oxygen atoms in total. The third-order valence-corrected chi connectivity index (χ3v) is 8.20. The van der Waals surface area contributed by atoms with E-state index in [0.717, 1.165) is 38.3 Å². The maximum Gasteiger partial charge on any atom is 0.416 e. The van der Waals surface area contributed by atoms with Gasteiger partial charge in [-0.25, -0.2) is 4.79 Å². The number of halogens is 3. The summed E-state index contributed by atoms with van der Waals surface area (Å²) in [6.45, 7) is 7.28. The molecule has 0 aromatic heterocycles. The van der Waals surface area contributed by atoms with Crippen molar-refractivity contribution in [2.75, 3.05) is 19.6 Å². The molecular formula is C27H37F3N2O4. The molecule has 0 atom stereocenters. The maximum absolute atomic E-state index is 14.0. The number of piperidine rings is 1. The Bertz CT molecular complexity index is 988. The molecule has 0 bridgehead atoms. The predicted octanol–water partition coefficient (Wildman–Crippen LogP) is 5.97. The van der Waals surface area contributed by atoms with Gasteiger partial charge in [0.2, 0.25) is 0 Å². The minimum Gasteiger partial charge on any atom is -0.465 e. The Morgan fingerprint density at radius 3 is 2.14 bits per heavy atom. The molecular weight excluding hydrogens is 473 g/mol. The van der Waals surface area contributed by atoms with Gasteiger partial charge in [0, 0.05) is 25.2 Å². The number of likely N-dealkylation sites (tertiary alicyclic amines) is 2. The van der Waals surface area contributed by atoms with Crippen molar-refractivity contribution in [3.63, 3.8) is 0 Å². The van der Waals surface area contributed by atoms with E-state index in [1.165, 1.54) is 11.0 Å². The van der Waals surface area contributed by atoms with E-state index in [-0.39, 0.29) is 5.54 Å². The number of hydrogen-bond acceptors (Lipinski definition) is 4. The van der Waals surface area contributed by atoms with Crippen LogP contribution in [0.25, 0.3) is 0 Å². The van der Waals surface area contributed by atoms with Gasteiger partial charge in [-0.05, 0) is 89.1 Å². The van der Waals surface area contributed by atoms with E-state index in [1.807, 2.05) is 0 Å². The normalized spacial score (nSPS) is 22.2. The van der Waals surface area contributed by atoms with Gasteiger partial charge in [-0.1, -0.05) is 18.9 Å². The fraction of sp³-hybridized carbons (Fsp3) is 0.704. The van der Waals surface area contributed by atoms with Gasteiger partial charge in [-0.2, -0.15) is 13.2 Å². The van der Waals surface area contributed by atoms with Crippen LogP contribution < -0.4 is 0 Å². The average Bonchev–Trinajstić information content (AvgIpc) is 3.41. The van der Waals surface area contributed by atoms with Crippen molar-refractivity contribution in [2.45, 2.75) is 101 Å². The number of alkyl halides is 3. The summed E-state index contributed by atoms with van der Waals surface area (Å²) in [7, 11) is 0. The van der Waals surface area contributed by atoms with Gasteiger partial charge < -0.3 is 14.7 Å². The van der Waals surface area contributed by atoms with Gasteiger partial charge in [0.1, 0.15) is 5.60 Å². The molecule has 0 unspecified atom stereocenters. The monoisotopic (exact) mass is 510 g/mol. The first-order valence-electron chi connectivity index (χ1n) is 12.9. The number of ether oxygens (including phenoxy) is 1. The van der Waals surface area contributed by atoms with Gasteiger partial charge in [-0.15, -0.1) is 0 Å². The van der Waals surface area contributed by atoms with E-state index in [9.17, 15) is 27.9 Å². The summed E-state index contributed by atoms with van der Waals surface area (Å²) in [5.74, 6) is -0.448. The van der Waals surface area contributed by atoms with Gasteiger partial charge in [0.15, 0.2) is 0 Å². The van der Waals surface area contributed by atoms with Gasteiger partial charge in [0.25, 0.3) is 0 Å². The lowest BCUT2D eigenvalue weighted by Crippen LogP contribution is -2.52. The average molecular weight is 511 g/mol. The fourth-order valence-electron chi connectivity index (χ4n) is 6.33. The summed E-state index contributed by atoms with van der Waals surface area (Å²) >= 11 is 0. The molecule has 2 saturated heterocycles. The Hall–Kier alpha value is -2.29. The summed E-state index contributed by atoms with van der Waals surface area (Å²) in [5.41, 5.74) is -1.80. The number of nitrogens with zero attached hydrogens (tertiary/aromatic N) is 2. The SMILES string of the molecule is CC(C)(C)OC(=O)C1(c2cc(CN3CCCC34CCN(C(=O)O)CC4)cc(C(F)(F)F)c2)CCCC1. The van der Waals surface area contributed by atoms with E-state index in [0.29, 0.717) is 56.4 Å². The van der Waals surface area contributed by atoms with Gasteiger partial charge in [0.05, 0.1) is 11.0 Å². The molecule has 1 aliphatic carbocycles. The Morgan fingerprint density at radius 2 is 1.58 bits per heavy atom. The van der Waals surface area contributed by atoms with Crippen LogP contribution in [0.2, 0.25) is 0 Å². The molecule has 0 radical (unpaired) electrons. The molecule has 1 aromatic rings. The molecule has 1 saturated carbocycles. The van der Waals surface area contributed by atoms with E-state index in [4.69, 9.17) is 4.74 Å². The van der Waals surface area contributed by atoms with Crippen LogP contribution in [0.4, 0.5) is 18.0 Å². The summed E-state index contributed by atoms with van der Waals surface area (Å²) < 4.78 is 47.8. The smallest absolute Gasteiger partial charge is 0.416 e. The highest BCUT2D eigenvalue weighted by Gasteiger charge is 2.48. The molecule has 1 aromatic carbocycles. The molecule has 36 heavy (non-hydrogen) atoms. The van der Waals surface area contributed by atoms with E-state index < -0.39 is 34.8 Å². The number of rotatable bonds is 4. The number of carbonyl (C=O) groups is 2. The van der Waals surface area contributed by atoms with Crippen molar-refractivity contribution >= 4 is 12.1 Å². The summed E-state index contributed by atoms with van der Waals surface area (Å²) in [5, 5.41) is 9.32. The number of hydrogen-bond donors (Lipinski definition) is 1. The van der Waals surface area contributed by atoms with Crippen molar-refractivity contribution in [1.82, 2.24) is 9.80 Å². The van der Waals surface area contributed by atoms with E-state index >= 15 is 0 Å². The number of carbonyl (C=O) groups excluding carboxylic acids is 1. The predicted molar refractivity (Wildman–Crippen MR) is 129 cm³/mol. The number of carboxylic acid groups (broad SMARTS) is 1. The number of esters is 1. The minimum absolute atomic E-state index is 0.198. The molecule has 200 valence electrons. The first kappa shape index (κ1) is 26.8. The molecule has 4 rings (SSSR count). The zero-order valence-electron chi connectivity index (χ0n) is 21.4. The van der Waals surface area contributed by atoms with Crippen LogP contribution in [0.15, 0.2) is 18.2 Å². The Balaban J connectivity index is 1.67. The van der Waals surface area contributed by atoms with Crippen molar-refractivity contribution < 1.29 is 32.6 Å². The van der Waals surface area contributed by atoms with Crippen LogP contribution in [0.3, 0.4) is 0 Å². The van der Waals surface area contributed by atoms with Crippen LogP contribution in [-0.4, -0.2) is 57.7 Å². The largest absolute Gasteiger partial charge is 0.465 e. The van der Waals surface area contributed by atoms with Crippen LogP contribution in [0, 0.1) is 0 Å². The first-order valence-corrected chi connectivity index (χ1v) is 12.9. The van der Waals surface area contributed by atoms with Crippen molar-refractivity contribution in [1.29, 1.82) is 0 Å². The standard InChI is InChI=1S/C27H37F3N2O4/c1-24(2,3)36-22(33)26(8-4-5-9-26)20-15-19(16-21(17-20)27(28,29)30)18-32-12-6-7-25(32)10-13-31(14-11-25)23(34)35/h15-17H,4-14,18H2,1-3H3,(H,34,35). The highest BCUT2D eigenvalue weighted by molar-refractivity contribution is 5.84. The number of amides is 1. The molecule has 2 aliphatic heterocycles. The number of benzene rings is 1. The second-order valence-corrected chi connectivity index (χ2v) is 11.7. The molecule has 3 aliphatic rings. The minimum atomic E-state index is -4.53. The third kappa shape index (κ3) is 5.36. The van der Waals surface area contributed by atoms with Crippen LogP contribution >= 0.6 is 0 Å². The van der Waals surface area contributed by atoms with Crippen LogP contribution in [0.1, 0.15) is 88.8 Å². The Kier molecular flexibility index (Phi) is 7.09. The molecule has 1 amide bonds. The molecule has 1 N–H and O–H groups in total. The Morgan fingerprint density at radius 1 is 0.944 bits per heavy atom. The lowest BCUT2D eigenvalue weighted by Gasteiger charge is -2.44. The fourth-order valence-corrected chi connectivity index (χ4v) is 6.33. The van der Waals surface area contributed by atoms with Gasteiger partial charge in [-0.3, -0.25) is 9.69 Å². The first-order chi connectivity index (χ1) is 16.7. The second-order valence-electron chi connectivity index (χ2n) is 11.7. The lowest BCUT2D eigenvalue weighted by molar-refractivity contribution is -0.162. The topological polar surface area (TPSA) is 70.1 Å². The zero-order chi connectivity index (χ0) is 26.4. The molecule has 3 fully saturated rings. The summed E-state index contributed by atoms with van der Waals surface area (Å²) in [6, 6.07) is 4.13. The van der Waals surface area contributed by atoms with Crippen molar-refractivity contribution in [3.8, 4) is 0 Å². The third-order valence-electron chi connectivity index (χ3n) is 8.20. The highest BCUT2D eigenvalue weighted by atomic mass is 19.4. The maximum atomic E-state index is 14.0. The molecule has 9 heteroatoms. The van der Waals surface area contributed by atoms with Crippen LogP contribution in [-0.2, 0) is 27.7 Å². The van der Waals surface area contributed by atoms with E-state index in [1.54, 1.807) is 26.8 Å². The van der Waals surface area contributed by atoms with E-state index in [2.05, 4.69) is 4.90 Å². The zero-order valence-corrected chi connectivity index (χ0v) is 21.4. The quantitative estimate of drug-likeness (QED) is 0.506. The van der Waals surface area contributed by atoms with Gasteiger partial charge >= 0.3 is 18.2 Å². The van der Waals surface area contributed by atoms with Crippen molar-refractivity contribution in [3.05, 3.63) is 34.9 Å². The lowest BCUT2D eigenvalue weighted by atomic mass is 9.77. The van der Waals surface area contributed by atoms with Crippen molar-refractivity contribution in [2.24, 2.45) is 0 Å². The molecule has 2 heterocycles. The summed E-state index contributed by atoms with van der Waals surface area (Å²) in [6.07, 6.45) is 0.201. The Labute approximate surface area is 210 Å². The second kappa shape index (κ2) is 9.54.